The SMILES string of the molecule is O=C(NCCCN1CCN(c2ccccc2Cl)CC1)Nc1ccc2c(c1)OCCO2. The highest BCUT2D eigenvalue weighted by molar-refractivity contribution is 6.33. The summed E-state index contributed by atoms with van der Waals surface area (Å²) in [5.74, 6) is 1.37. The van der Waals surface area contributed by atoms with E-state index < -0.39 is 0 Å². The van der Waals surface area contributed by atoms with Crippen LogP contribution in [0.5, 0.6) is 11.5 Å². The number of ether oxygens (including phenoxy) is 2. The van der Waals surface area contributed by atoms with Gasteiger partial charge in [0.25, 0.3) is 0 Å². The van der Waals surface area contributed by atoms with E-state index in [1.165, 1.54) is 0 Å². The lowest BCUT2D eigenvalue weighted by Crippen LogP contribution is -2.47. The van der Waals surface area contributed by atoms with Gasteiger partial charge in [-0.15, -0.1) is 0 Å². The number of benzene rings is 2. The minimum Gasteiger partial charge on any atom is -0.486 e. The fourth-order valence-corrected chi connectivity index (χ4v) is 3.98. The molecule has 2 heterocycles. The molecule has 0 saturated carbocycles. The van der Waals surface area contributed by atoms with E-state index in [1.54, 1.807) is 6.07 Å². The summed E-state index contributed by atoms with van der Waals surface area (Å²) in [7, 11) is 0. The summed E-state index contributed by atoms with van der Waals surface area (Å²) in [6, 6.07) is 13.2. The zero-order valence-corrected chi connectivity index (χ0v) is 17.7. The summed E-state index contributed by atoms with van der Waals surface area (Å²) < 4.78 is 11.0. The van der Waals surface area contributed by atoms with Crippen molar-refractivity contribution in [3.63, 3.8) is 0 Å². The number of carbonyl (C=O) groups is 1. The number of piperazine rings is 1. The standard InChI is InChI=1S/C22H27ClN4O3/c23-18-4-1-2-5-19(18)27-12-10-26(11-13-27)9-3-8-24-22(28)25-17-6-7-20-21(16-17)30-15-14-29-20/h1-2,4-7,16H,3,8-15H2,(H2,24,25,28). The predicted molar refractivity (Wildman–Crippen MR) is 119 cm³/mol. The molecule has 4 rings (SSSR count). The highest BCUT2D eigenvalue weighted by Crippen LogP contribution is 2.32. The third kappa shape index (κ3) is 5.29. The van der Waals surface area contributed by atoms with Gasteiger partial charge in [0.05, 0.1) is 10.7 Å². The number of halogens is 1. The second-order valence-electron chi connectivity index (χ2n) is 7.37. The number of para-hydroxylation sites is 1. The zero-order valence-electron chi connectivity index (χ0n) is 16.9. The molecule has 0 aliphatic carbocycles. The Labute approximate surface area is 181 Å². The number of amides is 2. The van der Waals surface area contributed by atoms with E-state index >= 15 is 0 Å². The van der Waals surface area contributed by atoms with Crippen LogP contribution in [0, 0.1) is 0 Å². The molecule has 2 N–H and O–H groups in total. The van der Waals surface area contributed by atoms with E-state index in [0.29, 0.717) is 36.9 Å². The van der Waals surface area contributed by atoms with Crippen molar-refractivity contribution in [3.05, 3.63) is 47.5 Å². The number of carbonyl (C=O) groups excluding carboxylic acids is 1. The Bertz CT molecular complexity index is 871. The monoisotopic (exact) mass is 430 g/mol. The number of hydrogen-bond donors (Lipinski definition) is 2. The van der Waals surface area contributed by atoms with E-state index in [0.717, 1.165) is 49.9 Å². The van der Waals surface area contributed by atoms with Crippen LogP contribution in [-0.2, 0) is 0 Å². The maximum absolute atomic E-state index is 12.1. The topological polar surface area (TPSA) is 66.1 Å². The summed E-state index contributed by atoms with van der Waals surface area (Å²) in [6.07, 6.45) is 0.903. The Morgan fingerprint density at radius 1 is 1.00 bits per heavy atom. The molecule has 2 aliphatic rings. The van der Waals surface area contributed by atoms with Gasteiger partial charge in [-0.2, -0.15) is 0 Å². The van der Waals surface area contributed by atoms with Crippen molar-refractivity contribution in [1.29, 1.82) is 0 Å². The van der Waals surface area contributed by atoms with E-state index in [-0.39, 0.29) is 6.03 Å². The lowest BCUT2D eigenvalue weighted by molar-refractivity contribution is 0.171. The fraction of sp³-hybridized carbons (Fsp3) is 0.409. The first-order chi connectivity index (χ1) is 14.7. The first-order valence-electron chi connectivity index (χ1n) is 10.4. The largest absolute Gasteiger partial charge is 0.486 e. The van der Waals surface area contributed by atoms with Gasteiger partial charge in [0.1, 0.15) is 13.2 Å². The smallest absolute Gasteiger partial charge is 0.319 e. The van der Waals surface area contributed by atoms with Crippen LogP contribution >= 0.6 is 11.6 Å². The van der Waals surface area contributed by atoms with Crippen LogP contribution in [-0.4, -0.2) is 63.4 Å². The second-order valence-corrected chi connectivity index (χ2v) is 7.78. The average Bonchev–Trinajstić information content (AvgIpc) is 2.77. The van der Waals surface area contributed by atoms with Crippen molar-refractivity contribution in [2.45, 2.75) is 6.42 Å². The summed E-state index contributed by atoms with van der Waals surface area (Å²) in [5, 5.41) is 6.56. The first-order valence-corrected chi connectivity index (χ1v) is 10.7. The van der Waals surface area contributed by atoms with Gasteiger partial charge >= 0.3 is 6.03 Å². The normalized spacial score (nSPS) is 16.2. The molecule has 0 radical (unpaired) electrons. The van der Waals surface area contributed by atoms with Crippen LogP contribution in [0.1, 0.15) is 6.42 Å². The highest BCUT2D eigenvalue weighted by atomic mass is 35.5. The molecule has 0 atom stereocenters. The van der Waals surface area contributed by atoms with E-state index in [1.807, 2.05) is 30.3 Å². The molecular formula is C22H27ClN4O3. The number of fused-ring (bicyclic) bond motifs is 1. The van der Waals surface area contributed by atoms with Gasteiger partial charge in [0.2, 0.25) is 0 Å². The van der Waals surface area contributed by atoms with Crippen molar-refractivity contribution >= 4 is 29.0 Å². The number of nitrogens with zero attached hydrogens (tertiary/aromatic N) is 2. The molecule has 30 heavy (non-hydrogen) atoms. The van der Waals surface area contributed by atoms with Crippen LogP contribution in [0.4, 0.5) is 16.2 Å². The van der Waals surface area contributed by atoms with Crippen LogP contribution < -0.4 is 25.0 Å². The molecule has 160 valence electrons. The molecule has 2 aliphatic heterocycles. The Hall–Kier alpha value is -2.64. The molecule has 0 bridgehead atoms. The molecule has 7 nitrogen and oxygen atoms in total. The minimum atomic E-state index is -0.213. The van der Waals surface area contributed by atoms with Gasteiger partial charge in [-0.25, -0.2) is 4.79 Å². The van der Waals surface area contributed by atoms with Gasteiger partial charge in [0, 0.05) is 44.5 Å². The minimum absolute atomic E-state index is 0.213. The fourth-order valence-electron chi connectivity index (χ4n) is 3.72. The number of urea groups is 1. The Morgan fingerprint density at radius 2 is 1.77 bits per heavy atom. The third-order valence-electron chi connectivity index (χ3n) is 5.30. The van der Waals surface area contributed by atoms with E-state index in [2.05, 4.69) is 26.5 Å². The number of nitrogens with one attached hydrogen (secondary N) is 2. The van der Waals surface area contributed by atoms with Gasteiger partial charge in [-0.3, -0.25) is 4.90 Å². The van der Waals surface area contributed by atoms with Crippen LogP contribution in [0.25, 0.3) is 0 Å². The maximum Gasteiger partial charge on any atom is 0.319 e. The van der Waals surface area contributed by atoms with Crippen molar-refractivity contribution in [1.82, 2.24) is 10.2 Å². The van der Waals surface area contributed by atoms with Crippen LogP contribution in [0.3, 0.4) is 0 Å². The Balaban J connectivity index is 1.14. The molecule has 0 aromatic heterocycles. The predicted octanol–water partition coefficient (Wildman–Crippen LogP) is 3.45. The molecular weight excluding hydrogens is 404 g/mol. The van der Waals surface area contributed by atoms with Gasteiger partial charge in [0.15, 0.2) is 11.5 Å². The zero-order chi connectivity index (χ0) is 20.8. The molecule has 2 amide bonds. The molecule has 0 unspecified atom stereocenters. The summed E-state index contributed by atoms with van der Waals surface area (Å²) in [5.41, 5.74) is 1.80. The van der Waals surface area contributed by atoms with Crippen LogP contribution in [0.2, 0.25) is 5.02 Å². The average molecular weight is 431 g/mol. The van der Waals surface area contributed by atoms with E-state index in [9.17, 15) is 4.79 Å². The van der Waals surface area contributed by atoms with Gasteiger partial charge < -0.3 is 25.0 Å². The lowest BCUT2D eigenvalue weighted by Gasteiger charge is -2.36. The third-order valence-corrected chi connectivity index (χ3v) is 5.62. The Kier molecular flexibility index (Phi) is 6.81. The molecule has 2 aromatic carbocycles. The van der Waals surface area contributed by atoms with Crippen molar-refractivity contribution in [3.8, 4) is 11.5 Å². The number of rotatable bonds is 6. The number of hydrogen-bond acceptors (Lipinski definition) is 5. The van der Waals surface area contributed by atoms with Gasteiger partial charge in [-0.05, 0) is 37.2 Å². The Morgan fingerprint density at radius 3 is 2.57 bits per heavy atom. The maximum atomic E-state index is 12.1. The first kappa shape index (κ1) is 20.6. The lowest BCUT2D eigenvalue weighted by atomic mass is 10.2. The van der Waals surface area contributed by atoms with Crippen molar-refractivity contribution < 1.29 is 14.3 Å². The van der Waals surface area contributed by atoms with Crippen LogP contribution in [0.15, 0.2) is 42.5 Å². The second kappa shape index (κ2) is 9.91. The number of anilines is 2. The molecule has 1 saturated heterocycles. The van der Waals surface area contributed by atoms with E-state index in [4.69, 9.17) is 21.1 Å². The summed E-state index contributed by atoms with van der Waals surface area (Å²) in [4.78, 5) is 16.9. The van der Waals surface area contributed by atoms with Crippen molar-refractivity contribution in [2.24, 2.45) is 0 Å². The molecule has 0 spiro atoms. The molecule has 1 fully saturated rings. The summed E-state index contributed by atoms with van der Waals surface area (Å²) in [6.45, 7) is 6.57. The summed E-state index contributed by atoms with van der Waals surface area (Å²) >= 11 is 6.30. The molecule has 8 heteroatoms. The quantitative estimate of drug-likeness (QED) is 0.687. The van der Waals surface area contributed by atoms with Crippen molar-refractivity contribution in [2.75, 3.05) is 62.7 Å². The highest BCUT2D eigenvalue weighted by Gasteiger charge is 2.18. The molecule has 2 aromatic rings. The van der Waals surface area contributed by atoms with Gasteiger partial charge in [-0.1, -0.05) is 23.7 Å².